The molecule has 0 radical (unpaired) electrons. The van der Waals surface area contributed by atoms with Crippen molar-refractivity contribution in [2.45, 2.75) is 64.3 Å². The summed E-state index contributed by atoms with van der Waals surface area (Å²) < 4.78 is 0. The predicted molar refractivity (Wildman–Crippen MR) is 86.3 cm³/mol. The first-order valence-electron chi connectivity index (χ1n) is 8.13. The molecule has 0 aromatic carbocycles. The molecule has 0 aliphatic heterocycles. The second kappa shape index (κ2) is 5.42. The van der Waals surface area contributed by atoms with Gasteiger partial charge in [0, 0.05) is 23.3 Å². The van der Waals surface area contributed by atoms with Crippen LogP contribution in [0.4, 0.5) is 0 Å². The molecule has 2 aliphatic rings. The number of aromatic nitrogens is 1. The van der Waals surface area contributed by atoms with Gasteiger partial charge in [-0.3, -0.25) is 0 Å². The largest absolute Gasteiger partial charge is 0.316 e. The summed E-state index contributed by atoms with van der Waals surface area (Å²) in [4.78, 5) is 4.88. The molecule has 2 fully saturated rings. The predicted octanol–water partition coefficient (Wildman–Crippen LogP) is 4.01. The Bertz CT molecular complexity index is 448. The number of hydrogen-bond donors (Lipinski definition) is 1. The Morgan fingerprint density at radius 1 is 1.30 bits per heavy atom. The van der Waals surface area contributed by atoms with Gasteiger partial charge in [0.1, 0.15) is 0 Å². The fourth-order valence-corrected chi connectivity index (χ4v) is 5.09. The topological polar surface area (TPSA) is 24.9 Å². The summed E-state index contributed by atoms with van der Waals surface area (Å²) in [6.45, 7) is 6.74. The van der Waals surface area contributed by atoms with Gasteiger partial charge in [-0.15, -0.1) is 11.3 Å². The minimum atomic E-state index is 0.178. The highest BCUT2D eigenvalue weighted by Crippen LogP contribution is 2.57. The molecule has 2 aliphatic carbocycles. The number of hydrogen-bond acceptors (Lipinski definition) is 3. The molecule has 1 heterocycles. The van der Waals surface area contributed by atoms with Crippen LogP contribution in [0.1, 0.15) is 57.2 Å². The van der Waals surface area contributed by atoms with Crippen molar-refractivity contribution in [2.24, 2.45) is 17.8 Å². The van der Waals surface area contributed by atoms with Gasteiger partial charge in [-0.1, -0.05) is 33.6 Å². The smallest absolute Gasteiger partial charge is 0.0944 e. The molecule has 2 nitrogen and oxygen atoms in total. The quantitative estimate of drug-likeness (QED) is 0.907. The molecule has 0 spiro atoms. The first-order valence-corrected chi connectivity index (χ1v) is 9.01. The summed E-state index contributed by atoms with van der Waals surface area (Å²) in [5.41, 5.74) is 1.43. The van der Waals surface area contributed by atoms with Crippen LogP contribution in [0.5, 0.6) is 0 Å². The number of nitrogens with zero attached hydrogens (tertiary/aromatic N) is 1. The lowest BCUT2D eigenvalue weighted by Gasteiger charge is -2.16. The number of fused-ring (bicyclic) bond motifs is 1. The van der Waals surface area contributed by atoms with Crippen LogP contribution in [0, 0.1) is 17.8 Å². The lowest BCUT2D eigenvalue weighted by molar-refractivity contribution is 0.458. The number of likely N-dealkylation sites (N-methyl/N-ethyl adjacent to an activating group) is 1. The Kier molecular flexibility index (Phi) is 3.93. The van der Waals surface area contributed by atoms with Crippen molar-refractivity contribution in [3.63, 3.8) is 0 Å². The van der Waals surface area contributed by atoms with Crippen LogP contribution in [-0.2, 0) is 11.8 Å². The molecular weight excluding hydrogens is 264 g/mol. The van der Waals surface area contributed by atoms with Gasteiger partial charge in [-0.05, 0) is 37.6 Å². The molecule has 3 rings (SSSR count). The van der Waals surface area contributed by atoms with E-state index in [-0.39, 0.29) is 5.41 Å². The molecule has 1 aromatic heterocycles. The van der Waals surface area contributed by atoms with Crippen LogP contribution in [0.15, 0.2) is 5.38 Å². The van der Waals surface area contributed by atoms with E-state index in [4.69, 9.17) is 4.98 Å². The first kappa shape index (κ1) is 14.5. The summed E-state index contributed by atoms with van der Waals surface area (Å²) in [7, 11) is 2.13. The maximum atomic E-state index is 4.88. The van der Waals surface area contributed by atoms with Crippen molar-refractivity contribution in [3.8, 4) is 0 Å². The maximum Gasteiger partial charge on any atom is 0.0944 e. The molecule has 3 unspecified atom stereocenters. The van der Waals surface area contributed by atoms with Gasteiger partial charge in [0.15, 0.2) is 0 Å². The highest BCUT2D eigenvalue weighted by molar-refractivity contribution is 7.09. The zero-order chi connectivity index (χ0) is 14.3. The van der Waals surface area contributed by atoms with Crippen LogP contribution in [0.2, 0.25) is 0 Å². The number of nitrogens with one attached hydrogen (secondary N) is 1. The van der Waals surface area contributed by atoms with Crippen LogP contribution in [-0.4, -0.2) is 18.1 Å². The third-order valence-electron chi connectivity index (χ3n) is 5.27. The first-order chi connectivity index (χ1) is 9.50. The van der Waals surface area contributed by atoms with Crippen LogP contribution in [0.25, 0.3) is 0 Å². The third kappa shape index (κ3) is 2.80. The van der Waals surface area contributed by atoms with E-state index in [0.29, 0.717) is 6.04 Å². The van der Waals surface area contributed by atoms with Gasteiger partial charge in [0.25, 0.3) is 0 Å². The fraction of sp³-hybridized carbons (Fsp3) is 0.824. The highest BCUT2D eigenvalue weighted by Gasteiger charge is 2.53. The van der Waals surface area contributed by atoms with E-state index in [1.165, 1.54) is 36.4 Å². The Hall–Kier alpha value is -0.410. The lowest BCUT2D eigenvalue weighted by atomic mass is 9.93. The lowest BCUT2D eigenvalue weighted by Crippen LogP contribution is -2.31. The molecule has 0 bridgehead atoms. The van der Waals surface area contributed by atoms with Crippen LogP contribution in [0.3, 0.4) is 0 Å². The van der Waals surface area contributed by atoms with Gasteiger partial charge < -0.3 is 5.32 Å². The van der Waals surface area contributed by atoms with Gasteiger partial charge in [0.2, 0.25) is 0 Å². The van der Waals surface area contributed by atoms with E-state index < -0.39 is 0 Å². The molecule has 0 saturated heterocycles. The molecule has 0 amide bonds. The summed E-state index contributed by atoms with van der Waals surface area (Å²) >= 11 is 1.85. The number of thiazole rings is 1. The number of rotatable bonds is 4. The zero-order valence-corrected chi connectivity index (χ0v) is 14.1. The van der Waals surface area contributed by atoms with Gasteiger partial charge >= 0.3 is 0 Å². The van der Waals surface area contributed by atoms with E-state index in [9.17, 15) is 0 Å². The molecule has 1 N–H and O–H groups in total. The third-order valence-corrected chi connectivity index (χ3v) is 6.14. The maximum absolute atomic E-state index is 4.88. The Morgan fingerprint density at radius 2 is 1.95 bits per heavy atom. The summed E-state index contributed by atoms with van der Waals surface area (Å²) in [5, 5.41) is 7.15. The second-order valence-corrected chi connectivity index (χ2v) is 8.61. The molecule has 3 heteroatoms. The minimum absolute atomic E-state index is 0.178. The summed E-state index contributed by atoms with van der Waals surface area (Å²) in [5.74, 6) is 2.95. The van der Waals surface area contributed by atoms with Gasteiger partial charge in [-0.25, -0.2) is 4.98 Å². The van der Waals surface area contributed by atoms with Crippen molar-refractivity contribution in [2.75, 3.05) is 7.05 Å². The Balaban J connectivity index is 1.65. The van der Waals surface area contributed by atoms with E-state index in [0.717, 1.165) is 24.2 Å². The highest BCUT2D eigenvalue weighted by atomic mass is 32.1. The molecule has 1 aromatic rings. The average Bonchev–Trinajstić information content (AvgIpc) is 2.92. The van der Waals surface area contributed by atoms with Crippen molar-refractivity contribution in [3.05, 3.63) is 16.1 Å². The fourth-order valence-electron chi connectivity index (χ4n) is 4.01. The molecule has 2 saturated carbocycles. The normalized spacial score (nSPS) is 30.9. The van der Waals surface area contributed by atoms with E-state index in [1.807, 2.05) is 11.3 Å². The zero-order valence-electron chi connectivity index (χ0n) is 13.3. The van der Waals surface area contributed by atoms with Crippen molar-refractivity contribution in [1.82, 2.24) is 10.3 Å². The van der Waals surface area contributed by atoms with E-state index >= 15 is 0 Å². The molecule has 112 valence electrons. The van der Waals surface area contributed by atoms with Crippen LogP contribution >= 0.6 is 11.3 Å². The van der Waals surface area contributed by atoms with Gasteiger partial charge in [0.05, 0.1) is 10.7 Å². The second-order valence-electron chi connectivity index (χ2n) is 7.67. The molecule has 3 atom stereocenters. The van der Waals surface area contributed by atoms with Crippen molar-refractivity contribution < 1.29 is 0 Å². The average molecular weight is 292 g/mol. The molecule has 20 heavy (non-hydrogen) atoms. The minimum Gasteiger partial charge on any atom is -0.316 e. The SMILES string of the molecule is CNC(Cc1nc(C(C)(C)C)cs1)C1C2CCCCC21. The standard InChI is InChI=1S/C17H28N2S/c1-17(2,3)14-10-20-15(19-14)9-13(18-4)16-11-7-5-6-8-12(11)16/h10-13,16,18H,5-9H2,1-4H3. The van der Waals surface area contributed by atoms with Crippen molar-refractivity contribution in [1.29, 1.82) is 0 Å². The molecular formula is C17H28N2S. The van der Waals surface area contributed by atoms with E-state index in [1.54, 1.807) is 0 Å². The Labute approximate surface area is 127 Å². The summed E-state index contributed by atoms with van der Waals surface area (Å²) in [6.07, 6.45) is 6.98. The van der Waals surface area contributed by atoms with Crippen molar-refractivity contribution >= 4 is 11.3 Å². The van der Waals surface area contributed by atoms with Gasteiger partial charge in [-0.2, -0.15) is 0 Å². The Morgan fingerprint density at radius 3 is 2.45 bits per heavy atom. The van der Waals surface area contributed by atoms with E-state index in [2.05, 4.69) is 38.5 Å². The van der Waals surface area contributed by atoms with Crippen LogP contribution < -0.4 is 5.32 Å². The monoisotopic (exact) mass is 292 g/mol. The summed E-state index contributed by atoms with van der Waals surface area (Å²) in [6, 6.07) is 0.641.